The molecule has 0 saturated heterocycles. The van der Waals surface area contributed by atoms with E-state index in [9.17, 15) is 0 Å². The summed E-state index contributed by atoms with van der Waals surface area (Å²) in [6, 6.07) is 12.4. The summed E-state index contributed by atoms with van der Waals surface area (Å²) in [7, 11) is 0. The van der Waals surface area contributed by atoms with E-state index in [0.717, 1.165) is 10.8 Å². The van der Waals surface area contributed by atoms with Crippen LogP contribution in [0.2, 0.25) is 0 Å². The van der Waals surface area contributed by atoms with Crippen molar-refractivity contribution in [2.75, 3.05) is 5.32 Å². The van der Waals surface area contributed by atoms with E-state index in [4.69, 9.17) is 0 Å². The molecule has 0 radical (unpaired) electrons. The van der Waals surface area contributed by atoms with Crippen LogP contribution in [-0.4, -0.2) is 4.98 Å². The van der Waals surface area contributed by atoms with E-state index in [1.54, 1.807) is 11.8 Å². The van der Waals surface area contributed by atoms with Gasteiger partial charge in [-0.25, -0.2) is 0 Å². The fourth-order valence-electron chi connectivity index (χ4n) is 2.18. The number of aromatic amines is 1. The first-order valence-electron chi connectivity index (χ1n) is 7.32. The van der Waals surface area contributed by atoms with Crippen molar-refractivity contribution in [1.29, 1.82) is 0 Å². The zero-order chi connectivity index (χ0) is 15.9. The Morgan fingerprint density at radius 3 is 2.41 bits per heavy atom. The van der Waals surface area contributed by atoms with Crippen molar-refractivity contribution in [3.63, 3.8) is 0 Å². The van der Waals surface area contributed by atoms with Crippen LogP contribution < -0.4 is 5.32 Å². The summed E-state index contributed by atoms with van der Waals surface area (Å²) >= 11 is 1.65. The fourth-order valence-corrected chi connectivity index (χ4v) is 3.02. The molecule has 22 heavy (non-hydrogen) atoms. The van der Waals surface area contributed by atoms with Gasteiger partial charge in [0.05, 0.1) is 5.03 Å². The van der Waals surface area contributed by atoms with E-state index >= 15 is 0 Å². The summed E-state index contributed by atoms with van der Waals surface area (Å²) < 4.78 is 0. The second-order valence-corrected chi connectivity index (χ2v) is 6.04. The molecule has 0 spiro atoms. The van der Waals surface area contributed by atoms with Gasteiger partial charge in [0.25, 0.3) is 0 Å². The summed E-state index contributed by atoms with van der Waals surface area (Å²) in [6.45, 7) is 10.4. The quantitative estimate of drug-likeness (QED) is 0.673. The van der Waals surface area contributed by atoms with Crippen molar-refractivity contribution in [1.82, 2.24) is 4.98 Å². The minimum Gasteiger partial charge on any atom is -0.348 e. The number of hydrogen-bond acceptors (Lipinski definition) is 2. The monoisotopic (exact) mass is 310 g/mol. The van der Waals surface area contributed by atoms with Gasteiger partial charge in [-0.05, 0) is 49.6 Å². The number of benzene rings is 1. The van der Waals surface area contributed by atoms with E-state index in [-0.39, 0.29) is 0 Å². The smallest absolute Gasteiger partial charge is 0.108 e. The Morgan fingerprint density at radius 1 is 1.09 bits per heavy atom. The van der Waals surface area contributed by atoms with Crippen molar-refractivity contribution in [3.8, 4) is 0 Å². The standard InChI is InChI=1S/C19H22N2S/c1-5-14(3)16-10-7-8-11-17(16)18(6-2)22-15(4)21-19-12-9-13-20-19/h5-13,20-21H,4H2,1-3H3/b14-5-,18-6-. The van der Waals surface area contributed by atoms with Gasteiger partial charge in [-0.15, -0.1) is 0 Å². The van der Waals surface area contributed by atoms with Crippen LogP contribution in [0, 0.1) is 0 Å². The molecule has 2 aromatic rings. The Kier molecular flexibility index (Phi) is 5.73. The van der Waals surface area contributed by atoms with E-state index in [1.807, 2.05) is 18.3 Å². The number of hydrogen-bond donors (Lipinski definition) is 2. The maximum atomic E-state index is 4.11. The molecule has 0 amide bonds. The molecule has 0 aliphatic carbocycles. The first-order valence-corrected chi connectivity index (χ1v) is 8.13. The first-order chi connectivity index (χ1) is 10.7. The van der Waals surface area contributed by atoms with Gasteiger partial charge in [0.15, 0.2) is 0 Å². The molecule has 0 atom stereocenters. The van der Waals surface area contributed by atoms with Gasteiger partial charge in [-0.3, -0.25) is 0 Å². The van der Waals surface area contributed by atoms with E-state index in [1.165, 1.54) is 21.6 Å². The van der Waals surface area contributed by atoms with Crippen LogP contribution in [-0.2, 0) is 0 Å². The van der Waals surface area contributed by atoms with Crippen molar-refractivity contribution >= 4 is 28.1 Å². The minimum atomic E-state index is 0.892. The molecule has 0 aliphatic rings. The molecule has 1 aromatic carbocycles. The highest BCUT2D eigenvalue weighted by Gasteiger charge is 2.10. The van der Waals surface area contributed by atoms with Crippen molar-refractivity contribution in [3.05, 3.63) is 77.5 Å². The lowest BCUT2D eigenvalue weighted by molar-refractivity contribution is 1.37. The molecule has 0 fully saturated rings. The van der Waals surface area contributed by atoms with Crippen molar-refractivity contribution < 1.29 is 0 Å². The fraction of sp³-hybridized carbons (Fsp3) is 0.158. The van der Waals surface area contributed by atoms with E-state index in [0.29, 0.717) is 0 Å². The average molecular weight is 310 g/mol. The Hall–Kier alpha value is -2.13. The van der Waals surface area contributed by atoms with Crippen molar-refractivity contribution in [2.45, 2.75) is 20.8 Å². The second-order valence-electron chi connectivity index (χ2n) is 4.90. The Morgan fingerprint density at radius 2 is 1.82 bits per heavy atom. The number of nitrogens with one attached hydrogen (secondary N) is 2. The Balaban J connectivity index is 2.21. The lowest BCUT2D eigenvalue weighted by Gasteiger charge is -2.15. The highest BCUT2D eigenvalue weighted by Crippen LogP contribution is 2.36. The van der Waals surface area contributed by atoms with Gasteiger partial charge >= 0.3 is 0 Å². The number of aromatic nitrogens is 1. The van der Waals surface area contributed by atoms with Crippen LogP contribution >= 0.6 is 11.8 Å². The molecule has 0 bridgehead atoms. The highest BCUT2D eigenvalue weighted by atomic mass is 32.2. The van der Waals surface area contributed by atoms with Crippen LogP contribution in [0.15, 0.2) is 66.4 Å². The summed E-state index contributed by atoms with van der Waals surface area (Å²) in [5, 5.41) is 4.17. The minimum absolute atomic E-state index is 0.892. The maximum Gasteiger partial charge on any atom is 0.108 e. The van der Waals surface area contributed by atoms with Crippen LogP contribution in [0.3, 0.4) is 0 Å². The predicted molar refractivity (Wildman–Crippen MR) is 101 cm³/mol. The topological polar surface area (TPSA) is 27.8 Å². The van der Waals surface area contributed by atoms with E-state index in [2.05, 4.69) is 74.1 Å². The molecule has 2 rings (SSSR count). The summed E-state index contributed by atoms with van der Waals surface area (Å²) in [4.78, 5) is 4.32. The van der Waals surface area contributed by atoms with Gasteiger partial charge < -0.3 is 10.3 Å². The number of rotatable bonds is 6. The molecule has 3 heteroatoms. The molecule has 0 saturated carbocycles. The molecule has 1 heterocycles. The number of allylic oxidation sites excluding steroid dienone is 3. The van der Waals surface area contributed by atoms with Crippen molar-refractivity contribution in [2.24, 2.45) is 0 Å². The van der Waals surface area contributed by atoms with Gasteiger partial charge in [-0.2, -0.15) is 0 Å². The molecule has 0 unspecified atom stereocenters. The summed E-state index contributed by atoms with van der Waals surface area (Å²) in [6.07, 6.45) is 6.17. The molecule has 2 nitrogen and oxygen atoms in total. The molecular formula is C19H22N2S. The number of thioether (sulfide) groups is 1. The molecule has 0 aliphatic heterocycles. The second kappa shape index (κ2) is 7.76. The van der Waals surface area contributed by atoms with Gasteiger partial charge in [0.2, 0.25) is 0 Å². The molecular weight excluding hydrogens is 288 g/mol. The Bertz CT molecular complexity index is 694. The van der Waals surface area contributed by atoms with Gasteiger partial charge in [-0.1, -0.05) is 54.8 Å². The third-order valence-corrected chi connectivity index (χ3v) is 4.44. The molecule has 114 valence electrons. The summed E-state index contributed by atoms with van der Waals surface area (Å²) in [5.74, 6) is 0.950. The molecule has 2 N–H and O–H groups in total. The van der Waals surface area contributed by atoms with Crippen LogP contribution in [0.5, 0.6) is 0 Å². The zero-order valence-corrected chi connectivity index (χ0v) is 14.1. The van der Waals surface area contributed by atoms with Gasteiger partial charge in [0, 0.05) is 11.1 Å². The SMILES string of the molecule is C=C(Nc1ccc[nH]1)S/C(=C\C)c1ccccc1/C(C)=C\C. The lowest BCUT2D eigenvalue weighted by Crippen LogP contribution is -1.96. The van der Waals surface area contributed by atoms with Crippen LogP contribution in [0.1, 0.15) is 31.9 Å². The predicted octanol–water partition coefficient (Wildman–Crippen LogP) is 6.12. The first kappa shape index (κ1) is 16.2. The number of H-pyrrole nitrogens is 1. The average Bonchev–Trinajstić information content (AvgIpc) is 3.04. The third-order valence-electron chi connectivity index (χ3n) is 3.42. The highest BCUT2D eigenvalue weighted by molar-refractivity contribution is 8.11. The molecule has 1 aromatic heterocycles. The maximum absolute atomic E-state index is 4.11. The van der Waals surface area contributed by atoms with Gasteiger partial charge in [0.1, 0.15) is 5.82 Å². The summed E-state index contributed by atoms with van der Waals surface area (Å²) in [5.41, 5.74) is 3.77. The van der Waals surface area contributed by atoms with E-state index < -0.39 is 0 Å². The number of anilines is 1. The largest absolute Gasteiger partial charge is 0.348 e. The zero-order valence-electron chi connectivity index (χ0n) is 13.3. The van der Waals surface area contributed by atoms with Crippen LogP contribution in [0.4, 0.5) is 5.82 Å². The lowest BCUT2D eigenvalue weighted by atomic mass is 10.0. The normalized spacial score (nSPS) is 12.3. The van der Waals surface area contributed by atoms with Crippen LogP contribution in [0.25, 0.3) is 10.5 Å². The third kappa shape index (κ3) is 3.95. The Labute approximate surface area is 137 Å².